The van der Waals surface area contributed by atoms with E-state index in [1.165, 1.54) is 11.3 Å². The summed E-state index contributed by atoms with van der Waals surface area (Å²) in [6.07, 6.45) is 1.70. The first-order valence-corrected chi connectivity index (χ1v) is 8.07. The zero-order valence-electron chi connectivity index (χ0n) is 12.7. The van der Waals surface area contributed by atoms with Crippen LogP contribution in [0.15, 0.2) is 64.9 Å². The predicted molar refractivity (Wildman–Crippen MR) is 92.9 cm³/mol. The lowest BCUT2D eigenvalue weighted by molar-refractivity contribution is 0.0985. The van der Waals surface area contributed by atoms with Gasteiger partial charge in [-0.25, -0.2) is 4.98 Å². The van der Waals surface area contributed by atoms with Crippen molar-refractivity contribution in [1.82, 2.24) is 4.98 Å². The Morgan fingerprint density at radius 2 is 2.09 bits per heavy atom. The lowest BCUT2D eigenvalue weighted by atomic mass is 10.2. The molecule has 23 heavy (non-hydrogen) atoms. The second-order valence-corrected chi connectivity index (χ2v) is 5.85. The molecule has 0 aliphatic heterocycles. The van der Waals surface area contributed by atoms with E-state index in [0.717, 1.165) is 11.4 Å². The summed E-state index contributed by atoms with van der Waals surface area (Å²) < 4.78 is 5.56. The third-order valence-corrected chi connectivity index (χ3v) is 4.16. The highest BCUT2D eigenvalue weighted by Crippen LogP contribution is 2.26. The molecule has 5 heteroatoms. The van der Waals surface area contributed by atoms with Crippen molar-refractivity contribution in [2.24, 2.45) is 0 Å². The number of anilines is 1. The predicted octanol–water partition coefficient (Wildman–Crippen LogP) is 4.54. The molecular formula is C18H16N2O2S. The van der Waals surface area contributed by atoms with Crippen LogP contribution in [0.2, 0.25) is 0 Å². The number of furan rings is 1. The van der Waals surface area contributed by atoms with Crippen molar-refractivity contribution in [2.45, 2.75) is 6.92 Å². The fourth-order valence-corrected chi connectivity index (χ4v) is 2.97. The summed E-state index contributed by atoms with van der Waals surface area (Å²) in [6.45, 7) is 6.04. The molecule has 0 saturated carbocycles. The van der Waals surface area contributed by atoms with Crippen LogP contribution in [0.3, 0.4) is 0 Å². The molecule has 0 N–H and O–H groups in total. The smallest absolute Gasteiger partial charge is 0.278 e. The van der Waals surface area contributed by atoms with Crippen LogP contribution >= 0.6 is 11.3 Å². The molecule has 0 radical (unpaired) electrons. The summed E-state index contributed by atoms with van der Waals surface area (Å²) >= 11 is 1.40. The number of rotatable bonds is 5. The molecule has 0 saturated heterocycles. The fraction of sp³-hybridized carbons (Fsp3) is 0.111. The van der Waals surface area contributed by atoms with E-state index in [9.17, 15) is 4.79 Å². The number of hydrogen-bond acceptors (Lipinski definition) is 4. The van der Waals surface area contributed by atoms with Gasteiger partial charge in [-0.3, -0.25) is 4.79 Å². The molecule has 0 spiro atoms. The molecule has 116 valence electrons. The number of carbonyl (C=O) groups is 1. The van der Waals surface area contributed by atoms with E-state index in [-0.39, 0.29) is 5.91 Å². The Kier molecular flexibility index (Phi) is 4.39. The first kappa shape index (κ1) is 15.2. The SMILES string of the molecule is C=CCN(C(=O)c1csc(-c2ccc(C)o2)n1)c1ccccc1. The number of carbonyl (C=O) groups excluding carboxylic acids is 1. The van der Waals surface area contributed by atoms with Crippen LogP contribution in [0.25, 0.3) is 10.8 Å². The maximum absolute atomic E-state index is 12.8. The van der Waals surface area contributed by atoms with Crippen LogP contribution < -0.4 is 4.90 Å². The summed E-state index contributed by atoms with van der Waals surface area (Å²) in [6, 6.07) is 13.2. The Morgan fingerprint density at radius 1 is 1.30 bits per heavy atom. The monoisotopic (exact) mass is 324 g/mol. The molecular weight excluding hydrogens is 308 g/mol. The topological polar surface area (TPSA) is 46.3 Å². The molecule has 0 bridgehead atoms. The fourth-order valence-electron chi connectivity index (χ4n) is 2.22. The van der Waals surface area contributed by atoms with Crippen LogP contribution in [0.5, 0.6) is 0 Å². The highest BCUT2D eigenvalue weighted by molar-refractivity contribution is 7.13. The van der Waals surface area contributed by atoms with Gasteiger partial charge in [0.05, 0.1) is 0 Å². The molecule has 3 rings (SSSR count). The highest BCUT2D eigenvalue weighted by Gasteiger charge is 2.20. The van der Waals surface area contributed by atoms with Crippen molar-refractivity contribution < 1.29 is 9.21 Å². The minimum Gasteiger partial charge on any atom is -0.459 e. The number of thiazole rings is 1. The molecule has 0 aliphatic carbocycles. The minimum atomic E-state index is -0.151. The minimum absolute atomic E-state index is 0.151. The van der Waals surface area contributed by atoms with Gasteiger partial charge in [0.25, 0.3) is 5.91 Å². The number of amides is 1. The van der Waals surface area contributed by atoms with Crippen molar-refractivity contribution in [3.05, 3.63) is 72.0 Å². The zero-order chi connectivity index (χ0) is 16.2. The van der Waals surface area contributed by atoms with Crippen LogP contribution in [0.1, 0.15) is 16.2 Å². The maximum atomic E-state index is 12.8. The number of hydrogen-bond donors (Lipinski definition) is 0. The van der Waals surface area contributed by atoms with Gasteiger partial charge in [0.1, 0.15) is 11.5 Å². The Hall–Kier alpha value is -2.66. The summed E-state index contributed by atoms with van der Waals surface area (Å²) in [4.78, 5) is 18.9. The normalized spacial score (nSPS) is 10.5. The van der Waals surface area contributed by atoms with E-state index >= 15 is 0 Å². The Labute approximate surface area is 138 Å². The van der Waals surface area contributed by atoms with Crippen LogP contribution in [-0.4, -0.2) is 17.4 Å². The molecule has 4 nitrogen and oxygen atoms in total. The summed E-state index contributed by atoms with van der Waals surface area (Å²) in [5, 5.41) is 2.46. The van der Waals surface area contributed by atoms with Gasteiger partial charge in [-0.15, -0.1) is 17.9 Å². The summed E-state index contributed by atoms with van der Waals surface area (Å²) in [7, 11) is 0. The van der Waals surface area contributed by atoms with E-state index in [1.54, 1.807) is 16.4 Å². The molecule has 0 unspecified atom stereocenters. The lowest BCUT2D eigenvalue weighted by Gasteiger charge is -2.20. The van der Waals surface area contributed by atoms with Gasteiger partial charge in [-0.1, -0.05) is 24.3 Å². The van der Waals surface area contributed by atoms with Crippen molar-refractivity contribution in [3.63, 3.8) is 0 Å². The third-order valence-electron chi connectivity index (χ3n) is 3.30. The molecule has 3 aromatic rings. The first-order valence-electron chi connectivity index (χ1n) is 7.19. The summed E-state index contributed by atoms with van der Waals surface area (Å²) in [5.41, 5.74) is 1.23. The van der Waals surface area contributed by atoms with Crippen molar-refractivity contribution >= 4 is 22.9 Å². The Balaban J connectivity index is 1.89. The number of para-hydroxylation sites is 1. The number of aromatic nitrogens is 1. The van der Waals surface area contributed by atoms with E-state index < -0.39 is 0 Å². The van der Waals surface area contributed by atoms with E-state index in [0.29, 0.717) is 23.0 Å². The van der Waals surface area contributed by atoms with Gasteiger partial charge < -0.3 is 9.32 Å². The molecule has 2 heterocycles. The maximum Gasteiger partial charge on any atom is 0.278 e. The second-order valence-electron chi connectivity index (χ2n) is 4.99. The Bertz CT molecular complexity index is 820. The van der Waals surface area contributed by atoms with E-state index in [4.69, 9.17) is 4.42 Å². The van der Waals surface area contributed by atoms with Crippen LogP contribution in [-0.2, 0) is 0 Å². The molecule has 0 atom stereocenters. The van der Waals surface area contributed by atoms with Gasteiger partial charge in [-0.05, 0) is 31.2 Å². The van der Waals surface area contributed by atoms with Gasteiger partial charge in [0.15, 0.2) is 10.8 Å². The molecule has 0 aliphatic rings. The van der Waals surface area contributed by atoms with Gasteiger partial charge in [0, 0.05) is 17.6 Å². The Morgan fingerprint density at radius 3 is 2.74 bits per heavy atom. The van der Waals surface area contributed by atoms with Gasteiger partial charge in [0.2, 0.25) is 0 Å². The zero-order valence-corrected chi connectivity index (χ0v) is 13.5. The first-order chi connectivity index (χ1) is 11.2. The molecule has 1 amide bonds. The lowest BCUT2D eigenvalue weighted by Crippen LogP contribution is -2.31. The van der Waals surface area contributed by atoms with Crippen LogP contribution in [0.4, 0.5) is 5.69 Å². The number of benzene rings is 1. The quantitative estimate of drug-likeness (QED) is 0.647. The van der Waals surface area contributed by atoms with Gasteiger partial charge in [-0.2, -0.15) is 0 Å². The van der Waals surface area contributed by atoms with E-state index in [1.807, 2.05) is 49.4 Å². The highest BCUT2D eigenvalue weighted by atomic mass is 32.1. The molecule has 1 aromatic carbocycles. The molecule has 2 aromatic heterocycles. The van der Waals surface area contributed by atoms with Crippen molar-refractivity contribution in [3.8, 4) is 10.8 Å². The van der Waals surface area contributed by atoms with Crippen molar-refractivity contribution in [1.29, 1.82) is 0 Å². The number of aryl methyl sites for hydroxylation is 1. The van der Waals surface area contributed by atoms with Gasteiger partial charge >= 0.3 is 0 Å². The van der Waals surface area contributed by atoms with E-state index in [2.05, 4.69) is 11.6 Å². The average Bonchev–Trinajstić information content (AvgIpc) is 3.21. The second kappa shape index (κ2) is 6.62. The molecule has 0 fully saturated rings. The number of nitrogens with zero attached hydrogens (tertiary/aromatic N) is 2. The van der Waals surface area contributed by atoms with Crippen LogP contribution in [0, 0.1) is 6.92 Å². The third kappa shape index (κ3) is 3.24. The standard InChI is InChI=1S/C18H16N2O2S/c1-3-11-20(14-7-5-4-6-8-14)18(21)15-12-23-17(19-15)16-10-9-13(2)22-16/h3-10,12H,1,11H2,2H3. The average molecular weight is 324 g/mol. The largest absolute Gasteiger partial charge is 0.459 e. The van der Waals surface area contributed by atoms with Crippen molar-refractivity contribution in [2.75, 3.05) is 11.4 Å². The summed E-state index contributed by atoms with van der Waals surface area (Å²) in [5.74, 6) is 1.35.